The van der Waals surface area contributed by atoms with Gasteiger partial charge in [-0.05, 0) is 37.3 Å². The van der Waals surface area contributed by atoms with Crippen molar-refractivity contribution in [3.8, 4) is 0 Å². The lowest BCUT2D eigenvalue weighted by atomic mass is 10.0. The molecule has 128 valence electrons. The highest BCUT2D eigenvalue weighted by atomic mass is 19.4. The topological polar surface area (TPSA) is 58.6 Å². The summed E-state index contributed by atoms with van der Waals surface area (Å²) in [6.45, 7) is 1.78. The second-order valence-electron chi connectivity index (χ2n) is 5.76. The van der Waals surface area contributed by atoms with Crippen molar-refractivity contribution >= 4 is 5.91 Å². The lowest BCUT2D eigenvalue weighted by Crippen LogP contribution is -2.37. The van der Waals surface area contributed by atoms with E-state index in [1.165, 1.54) is 18.2 Å². The van der Waals surface area contributed by atoms with Crippen molar-refractivity contribution in [3.05, 3.63) is 35.4 Å². The summed E-state index contributed by atoms with van der Waals surface area (Å²) in [5, 5.41) is 12.4. The van der Waals surface area contributed by atoms with Crippen molar-refractivity contribution in [2.75, 3.05) is 13.2 Å². The molecule has 0 aliphatic heterocycles. The van der Waals surface area contributed by atoms with E-state index in [4.69, 9.17) is 4.74 Å². The van der Waals surface area contributed by atoms with Crippen LogP contribution in [-0.2, 0) is 15.7 Å². The zero-order valence-corrected chi connectivity index (χ0v) is 12.8. The van der Waals surface area contributed by atoms with Gasteiger partial charge in [-0.2, -0.15) is 13.2 Å². The van der Waals surface area contributed by atoms with Crippen molar-refractivity contribution in [1.29, 1.82) is 0 Å². The Bertz CT molecular complexity index is 544. The third-order valence-electron chi connectivity index (χ3n) is 3.74. The van der Waals surface area contributed by atoms with Crippen LogP contribution in [0.4, 0.5) is 13.2 Å². The van der Waals surface area contributed by atoms with Gasteiger partial charge in [-0.15, -0.1) is 0 Å². The lowest BCUT2D eigenvalue weighted by Gasteiger charge is -2.19. The van der Waals surface area contributed by atoms with Gasteiger partial charge in [-0.25, -0.2) is 0 Å². The number of amides is 1. The Morgan fingerprint density at radius 1 is 1.39 bits per heavy atom. The standard InChI is InChI=1S/C16H20F3NO3/c1-10(23-9-11-6-7-11)15(22)20-8-14(21)12-4-2-3-5-13(12)16(17,18)19/h2-5,10-11,14,21H,6-9H2,1H3,(H,20,22). The molecule has 23 heavy (non-hydrogen) atoms. The number of aliphatic hydroxyl groups excluding tert-OH is 1. The molecule has 1 saturated carbocycles. The number of halogens is 3. The molecule has 2 atom stereocenters. The number of nitrogens with one attached hydrogen (secondary N) is 1. The van der Waals surface area contributed by atoms with E-state index in [9.17, 15) is 23.1 Å². The fraction of sp³-hybridized carbons (Fsp3) is 0.562. The van der Waals surface area contributed by atoms with Crippen LogP contribution in [0.3, 0.4) is 0 Å². The second kappa shape index (κ2) is 7.31. The van der Waals surface area contributed by atoms with E-state index in [-0.39, 0.29) is 12.1 Å². The molecule has 1 fully saturated rings. The van der Waals surface area contributed by atoms with E-state index in [2.05, 4.69) is 5.32 Å². The maximum Gasteiger partial charge on any atom is 0.416 e. The van der Waals surface area contributed by atoms with Crippen molar-refractivity contribution in [1.82, 2.24) is 5.32 Å². The highest BCUT2D eigenvalue weighted by molar-refractivity contribution is 5.80. The van der Waals surface area contributed by atoms with Crippen molar-refractivity contribution < 1.29 is 27.8 Å². The summed E-state index contributed by atoms with van der Waals surface area (Å²) < 4.78 is 44.1. The number of carbonyl (C=O) groups is 1. The number of hydrogen-bond acceptors (Lipinski definition) is 3. The first kappa shape index (κ1) is 17.7. The molecule has 1 aliphatic carbocycles. The van der Waals surface area contributed by atoms with Gasteiger partial charge < -0.3 is 15.2 Å². The van der Waals surface area contributed by atoms with E-state index < -0.39 is 29.9 Å². The van der Waals surface area contributed by atoms with Gasteiger partial charge in [0.2, 0.25) is 5.91 Å². The minimum Gasteiger partial charge on any atom is -0.387 e. The van der Waals surface area contributed by atoms with Crippen LogP contribution in [0.1, 0.15) is 37.0 Å². The van der Waals surface area contributed by atoms with Gasteiger partial charge >= 0.3 is 6.18 Å². The minimum absolute atomic E-state index is 0.258. The fourth-order valence-electron chi connectivity index (χ4n) is 2.14. The molecule has 7 heteroatoms. The summed E-state index contributed by atoms with van der Waals surface area (Å²) in [6, 6.07) is 4.77. The number of ether oxygens (including phenoxy) is 1. The smallest absolute Gasteiger partial charge is 0.387 e. The minimum atomic E-state index is -4.55. The van der Waals surface area contributed by atoms with Crippen LogP contribution in [0.15, 0.2) is 24.3 Å². The number of rotatable bonds is 7. The third kappa shape index (κ3) is 5.21. The number of benzene rings is 1. The first-order chi connectivity index (χ1) is 10.8. The zero-order chi connectivity index (χ0) is 17.0. The first-order valence-electron chi connectivity index (χ1n) is 7.52. The molecule has 2 rings (SSSR count). The molecule has 1 aromatic carbocycles. The van der Waals surface area contributed by atoms with Crippen molar-refractivity contribution in [2.45, 2.75) is 38.1 Å². The van der Waals surface area contributed by atoms with Crippen LogP contribution in [-0.4, -0.2) is 30.3 Å². The van der Waals surface area contributed by atoms with Gasteiger partial charge in [0.05, 0.1) is 18.3 Å². The molecular formula is C16H20F3NO3. The molecule has 4 nitrogen and oxygen atoms in total. The SMILES string of the molecule is CC(OCC1CC1)C(=O)NCC(O)c1ccccc1C(F)(F)F. The Hall–Kier alpha value is -1.60. The molecule has 1 amide bonds. The fourth-order valence-corrected chi connectivity index (χ4v) is 2.14. The molecule has 1 aliphatic rings. The van der Waals surface area contributed by atoms with Gasteiger partial charge in [0, 0.05) is 6.54 Å². The number of aliphatic hydroxyl groups is 1. The van der Waals surface area contributed by atoms with E-state index in [0.717, 1.165) is 18.9 Å². The molecule has 2 unspecified atom stereocenters. The molecule has 0 saturated heterocycles. The molecular weight excluding hydrogens is 311 g/mol. The summed E-state index contributed by atoms with van der Waals surface area (Å²) in [4.78, 5) is 11.8. The van der Waals surface area contributed by atoms with Gasteiger partial charge in [0.1, 0.15) is 6.10 Å². The molecule has 0 heterocycles. The maximum absolute atomic E-state index is 12.9. The van der Waals surface area contributed by atoms with Crippen LogP contribution in [0, 0.1) is 5.92 Å². The van der Waals surface area contributed by atoms with Crippen LogP contribution in [0.2, 0.25) is 0 Å². The predicted molar refractivity (Wildman–Crippen MR) is 77.6 cm³/mol. The zero-order valence-electron chi connectivity index (χ0n) is 12.8. The molecule has 0 radical (unpaired) electrons. The summed E-state index contributed by atoms with van der Waals surface area (Å²) >= 11 is 0. The predicted octanol–water partition coefficient (Wildman–Crippen LogP) is 2.67. The number of hydrogen-bond donors (Lipinski definition) is 2. The second-order valence-corrected chi connectivity index (χ2v) is 5.76. The van der Waals surface area contributed by atoms with Crippen LogP contribution < -0.4 is 5.32 Å². The normalized spacial score (nSPS) is 17.6. The monoisotopic (exact) mass is 331 g/mol. The van der Waals surface area contributed by atoms with Gasteiger partial charge in [0.15, 0.2) is 0 Å². The van der Waals surface area contributed by atoms with Gasteiger partial charge in [-0.3, -0.25) is 4.79 Å². The Morgan fingerprint density at radius 2 is 2.04 bits per heavy atom. The Balaban J connectivity index is 1.89. The molecule has 0 bridgehead atoms. The van der Waals surface area contributed by atoms with Crippen LogP contribution in [0.5, 0.6) is 0 Å². The highest BCUT2D eigenvalue weighted by Crippen LogP contribution is 2.34. The quantitative estimate of drug-likeness (QED) is 0.808. The van der Waals surface area contributed by atoms with Crippen molar-refractivity contribution in [2.24, 2.45) is 5.92 Å². The van der Waals surface area contributed by atoms with E-state index >= 15 is 0 Å². The molecule has 0 spiro atoms. The van der Waals surface area contributed by atoms with E-state index in [0.29, 0.717) is 12.5 Å². The third-order valence-corrected chi connectivity index (χ3v) is 3.74. The average Bonchev–Trinajstić information content (AvgIpc) is 3.33. The van der Waals surface area contributed by atoms with E-state index in [1.807, 2.05) is 0 Å². The highest BCUT2D eigenvalue weighted by Gasteiger charge is 2.34. The number of alkyl halides is 3. The van der Waals surface area contributed by atoms with Gasteiger partial charge in [-0.1, -0.05) is 18.2 Å². The Labute approximate surface area is 132 Å². The summed E-state index contributed by atoms with van der Waals surface area (Å²) in [6.07, 6.45) is -4.49. The van der Waals surface area contributed by atoms with Crippen molar-refractivity contribution in [3.63, 3.8) is 0 Å². The number of carbonyl (C=O) groups excluding carboxylic acids is 1. The van der Waals surface area contributed by atoms with Crippen LogP contribution >= 0.6 is 0 Å². The van der Waals surface area contributed by atoms with E-state index in [1.54, 1.807) is 6.92 Å². The summed E-state index contributed by atoms with van der Waals surface area (Å²) in [5.41, 5.74) is -1.16. The Morgan fingerprint density at radius 3 is 2.65 bits per heavy atom. The molecule has 1 aromatic rings. The molecule has 2 N–H and O–H groups in total. The van der Waals surface area contributed by atoms with Gasteiger partial charge in [0.25, 0.3) is 0 Å². The first-order valence-corrected chi connectivity index (χ1v) is 7.52. The molecule has 0 aromatic heterocycles. The largest absolute Gasteiger partial charge is 0.416 e. The summed E-state index contributed by atoms with van der Waals surface area (Å²) in [7, 11) is 0. The lowest BCUT2D eigenvalue weighted by molar-refractivity contribution is -0.139. The maximum atomic E-state index is 12.9. The Kier molecular flexibility index (Phi) is 5.64. The summed E-state index contributed by atoms with van der Waals surface area (Å²) in [5.74, 6) is 0.0590. The van der Waals surface area contributed by atoms with Crippen LogP contribution in [0.25, 0.3) is 0 Å². The average molecular weight is 331 g/mol.